The smallest absolute Gasteiger partial charge is 0.278 e. The first-order valence-electron chi connectivity index (χ1n) is 14.5. The molecule has 1 aliphatic heterocycles. The Labute approximate surface area is 265 Å². The van der Waals surface area contributed by atoms with Crippen LogP contribution in [0, 0.1) is 15.9 Å². The maximum absolute atomic E-state index is 15.4. The monoisotopic (exact) mass is 632 g/mol. The molecule has 11 nitrogen and oxygen atoms in total. The van der Waals surface area contributed by atoms with Crippen molar-refractivity contribution in [3.63, 3.8) is 0 Å². The van der Waals surface area contributed by atoms with E-state index < -0.39 is 10.7 Å². The summed E-state index contributed by atoms with van der Waals surface area (Å²) in [5, 5.41) is 17.0. The molecular formula is C32H33FN6O5S. The minimum absolute atomic E-state index is 0.0613. The maximum Gasteiger partial charge on any atom is 0.278 e. The molecule has 45 heavy (non-hydrogen) atoms. The summed E-state index contributed by atoms with van der Waals surface area (Å²) in [5.74, 6) is 0.678. The number of para-hydroxylation sites is 1. The van der Waals surface area contributed by atoms with Gasteiger partial charge in [-0.2, -0.15) is 5.10 Å². The van der Waals surface area contributed by atoms with Gasteiger partial charge in [-0.3, -0.25) is 15.1 Å². The maximum atomic E-state index is 15.4. The number of nitro benzene ring substituents is 1. The number of nitro groups is 1. The molecule has 4 aromatic rings. The lowest BCUT2D eigenvalue weighted by atomic mass is 10.1. The number of pyridine rings is 1. The van der Waals surface area contributed by atoms with Gasteiger partial charge in [0.2, 0.25) is 0 Å². The van der Waals surface area contributed by atoms with E-state index in [9.17, 15) is 10.1 Å². The van der Waals surface area contributed by atoms with Gasteiger partial charge in [-0.25, -0.2) is 9.40 Å². The Morgan fingerprint density at radius 1 is 1.11 bits per heavy atom. The van der Waals surface area contributed by atoms with Crippen molar-refractivity contribution in [2.24, 2.45) is 10.8 Å². The lowest BCUT2D eigenvalue weighted by Crippen LogP contribution is -2.31. The number of piperidine rings is 1. The molecule has 0 radical (unpaired) electrons. The van der Waals surface area contributed by atoms with E-state index in [0.29, 0.717) is 34.8 Å². The second-order valence-corrected chi connectivity index (χ2v) is 10.8. The summed E-state index contributed by atoms with van der Waals surface area (Å²) in [6, 6.07) is 15.3. The molecule has 5 rings (SSSR count). The number of rotatable bonds is 12. The fourth-order valence-corrected chi connectivity index (χ4v) is 5.25. The first-order chi connectivity index (χ1) is 21.8. The van der Waals surface area contributed by atoms with Gasteiger partial charge in [-0.05, 0) is 74.9 Å². The molecular weight excluding hydrogens is 599 g/mol. The van der Waals surface area contributed by atoms with Gasteiger partial charge in [0, 0.05) is 36.3 Å². The zero-order valence-electron chi connectivity index (χ0n) is 24.7. The number of anilines is 1. The van der Waals surface area contributed by atoms with Crippen LogP contribution in [0.25, 0.3) is 10.9 Å². The Morgan fingerprint density at radius 2 is 1.91 bits per heavy atom. The van der Waals surface area contributed by atoms with E-state index in [0.717, 1.165) is 37.1 Å². The number of halogens is 1. The standard InChI is InChI=1S/C32H33FN6O5S/c1-42-30-19-24-26(20-31(30)43-17-7-16-37-14-5-2-6-15-37)35-13-12-28(24)44-29-11-10-23(18-25(29)33)38(32(34)45)36-21-22-8-3-4-9-27(22)39(40)41/h3-4,8-13,18-21H,2,5-7,14-17H2,1H3,(H2,34,45)/b36-21+. The summed E-state index contributed by atoms with van der Waals surface area (Å²) in [4.78, 5) is 17.7. The highest BCUT2D eigenvalue weighted by atomic mass is 32.1. The predicted molar refractivity (Wildman–Crippen MR) is 175 cm³/mol. The van der Waals surface area contributed by atoms with Crippen LogP contribution in [0.1, 0.15) is 31.2 Å². The zero-order valence-corrected chi connectivity index (χ0v) is 25.5. The molecule has 1 fully saturated rings. The Morgan fingerprint density at radius 3 is 2.64 bits per heavy atom. The predicted octanol–water partition coefficient (Wildman–Crippen LogP) is 6.42. The van der Waals surface area contributed by atoms with Crippen LogP contribution in [0.3, 0.4) is 0 Å². The summed E-state index contributed by atoms with van der Waals surface area (Å²) in [6.07, 6.45) is 7.52. The third kappa shape index (κ3) is 7.80. The fraction of sp³-hybridized carbons (Fsp3) is 0.281. The molecule has 0 bridgehead atoms. The third-order valence-corrected chi connectivity index (χ3v) is 7.52. The number of hydrogen-bond acceptors (Lipinski definition) is 9. The molecule has 2 N–H and O–H groups in total. The van der Waals surface area contributed by atoms with Crippen molar-refractivity contribution < 1.29 is 23.5 Å². The zero-order chi connectivity index (χ0) is 31.8. The van der Waals surface area contributed by atoms with E-state index >= 15 is 4.39 Å². The van der Waals surface area contributed by atoms with Crippen LogP contribution in [0.15, 0.2) is 72.0 Å². The first kappa shape index (κ1) is 31.5. The molecule has 0 atom stereocenters. The lowest BCUT2D eigenvalue weighted by Gasteiger charge is -2.26. The van der Waals surface area contributed by atoms with Crippen molar-refractivity contribution in [1.29, 1.82) is 0 Å². The van der Waals surface area contributed by atoms with E-state index in [2.05, 4.69) is 15.0 Å². The highest BCUT2D eigenvalue weighted by Gasteiger charge is 2.17. The molecule has 0 aliphatic carbocycles. The van der Waals surface area contributed by atoms with Crippen molar-refractivity contribution in [3.05, 3.63) is 88.4 Å². The Kier molecular flexibility index (Phi) is 10.3. The van der Waals surface area contributed by atoms with E-state index in [1.165, 1.54) is 49.7 Å². The number of benzene rings is 3. The molecule has 0 saturated carbocycles. The van der Waals surface area contributed by atoms with Crippen molar-refractivity contribution >= 4 is 45.8 Å². The minimum Gasteiger partial charge on any atom is -0.493 e. The summed E-state index contributed by atoms with van der Waals surface area (Å²) < 4.78 is 33.0. The highest BCUT2D eigenvalue weighted by molar-refractivity contribution is 7.80. The third-order valence-electron chi connectivity index (χ3n) is 7.35. The molecule has 234 valence electrons. The van der Waals surface area contributed by atoms with Crippen molar-refractivity contribution in [1.82, 2.24) is 9.88 Å². The molecule has 0 unspecified atom stereocenters. The van der Waals surface area contributed by atoms with Crippen LogP contribution in [0.5, 0.6) is 23.0 Å². The summed E-state index contributed by atoms with van der Waals surface area (Å²) in [6.45, 7) is 3.82. The minimum atomic E-state index is -0.708. The van der Waals surface area contributed by atoms with Crippen LogP contribution in [0.4, 0.5) is 15.8 Å². The number of nitrogens with two attached hydrogens (primary N) is 1. The van der Waals surface area contributed by atoms with E-state index in [4.69, 9.17) is 32.2 Å². The number of ether oxygens (including phenoxy) is 3. The van der Waals surface area contributed by atoms with E-state index in [1.54, 1.807) is 43.6 Å². The van der Waals surface area contributed by atoms with Gasteiger partial charge < -0.3 is 24.8 Å². The van der Waals surface area contributed by atoms with Crippen molar-refractivity contribution in [2.45, 2.75) is 25.7 Å². The second-order valence-electron chi connectivity index (χ2n) is 10.4. The number of hydrazone groups is 1. The lowest BCUT2D eigenvalue weighted by molar-refractivity contribution is -0.385. The number of methoxy groups -OCH3 is 1. The number of nitrogens with zero attached hydrogens (tertiary/aromatic N) is 5. The van der Waals surface area contributed by atoms with E-state index in [-0.39, 0.29) is 27.8 Å². The van der Waals surface area contributed by atoms with Crippen molar-refractivity contribution in [3.8, 4) is 23.0 Å². The fourth-order valence-electron chi connectivity index (χ4n) is 5.10. The van der Waals surface area contributed by atoms with Crippen LogP contribution in [-0.2, 0) is 0 Å². The molecule has 13 heteroatoms. The summed E-state index contributed by atoms with van der Waals surface area (Å²) in [7, 11) is 1.56. The molecule has 1 saturated heterocycles. The summed E-state index contributed by atoms with van der Waals surface area (Å²) >= 11 is 5.10. The number of thiocarbonyl (C=S) groups is 1. The molecule has 0 spiro atoms. The highest BCUT2D eigenvalue weighted by Crippen LogP contribution is 2.38. The molecule has 0 amide bonds. The number of fused-ring (bicyclic) bond motifs is 1. The average molecular weight is 633 g/mol. The summed E-state index contributed by atoms with van der Waals surface area (Å²) in [5.41, 5.74) is 6.72. The Balaban J connectivity index is 1.32. The Bertz CT molecular complexity index is 1720. The SMILES string of the molecule is COc1cc2c(Oc3ccc(N(/N=C/c4ccccc4[N+](=O)[O-])C(N)=S)cc3F)ccnc2cc1OCCCN1CCCCC1. The number of aromatic nitrogens is 1. The largest absolute Gasteiger partial charge is 0.493 e. The normalized spacial score (nSPS) is 13.6. The van der Waals surface area contributed by atoms with Gasteiger partial charge in [0.15, 0.2) is 28.2 Å². The van der Waals surface area contributed by atoms with Crippen LogP contribution in [0.2, 0.25) is 0 Å². The average Bonchev–Trinajstić information content (AvgIpc) is 3.04. The van der Waals surface area contributed by atoms with Gasteiger partial charge in [0.1, 0.15) is 5.75 Å². The van der Waals surface area contributed by atoms with Gasteiger partial charge in [-0.1, -0.05) is 18.6 Å². The van der Waals surface area contributed by atoms with Gasteiger partial charge >= 0.3 is 0 Å². The van der Waals surface area contributed by atoms with Crippen LogP contribution in [-0.4, -0.2) is 59.5 Å². The topological polar surface area (TPSA) is 129 Å². The van der Waals surface area contributed by atoms with Crippen LogP contribution < -0.4 is 25.0 Å². The molecule has 3 aromatic carbocycles. The molecule has 1 aromatic heterocycles. The van der Waals surface area contributed by atoms with Crippen molar-refractivity contribution in [2.75, 3.05) is 38.4 Å². The van der Waals surface area contributed by atoms with Gasteiger partial charge in [0.25, 0.3) is 5.69 Å². The molecule has 2 heterocycles. The van der Waals surface area contributed by atoms with Gasteiger partial charge in [0.05, 0.1) is 41.6 Å². The number of likely N-dealkylation sites (tertiary alicyclic amines) is 1. The molecule has 1 aliphatic rings. The van der Waals surface area contributed by atoms with Gasteiger partial charge in [-0.15, -0.1) is 0 Å². The number of hydrogen-bond donors (Lipinski definition) is 1. The quantitative estimate of drug-likeness (QED) is 0.0614. The van der Waals surface area contributed by atoms with Crippen LogP contribution >= 0.6 is 12.2 Å². The first-order valence-corrected chi connectivity index (χ1v) is 14.9. The Hall–Kier alpha value is -4.88. The second kappa shape index (κ2) is 14.7. The van der Waals surface area contributed by atoms with E-state index in [1.807, 2.05) is 0 Å².